The number of nitrogens with zero attached hydrogens (tertiary/aromatic N) is 3. The summed E-state index contributed by atoms with van der Waals surface area (Å²) >= 11 is 3.39. The Morgan fingerprint density at radius 3 is 2.73 bits per heavy atom. The number of hydrogen-bond acceptors (Lipinski definition) is 3. The summed E-state index contributed by atoms with van der Waals surface area (Å²) in [7, 11) is 0. The highest BCUT2D eigenvalue weighted by molar-refractivity contribution is 9.10. The van der Waals surface area contributed by atoms with Gasteiger partial charge in [0.15, 0.2) is 0 Å². The minimum absolute atomic E-state index is 0.0647. The van der Waals surface area contributed by atoms with Gasteiger partial charge >= 0.3 is 0 Å². The lowest BCUT2D eigenvalue weighted by Gasteiger charge is -2.24. The fourth-order valence-corrected chi connectivity index (χ4v) is 4.35. The number of carbonyl (C=O) groups is 2. The van der Waals surface area contributed by atoms with Gasteiger partial charge in [-0.1, -0.05) is 28.1 Å². The molecule has 2 amide bonds. The smallest absolute Gasteiger partial charge is 0.254 e. The van der Waals surface area contributed by atoms with Crippen molar-refractivity contribution in [2.75, 3.05) is 13.1 Å². The van der Waals surface area contributed by atoms with Crippen LogP contribution in [0, 0.1) is 6.92 Å². The third-order valence-electron chi connectivity index (χ3n) is 5.61. The maximum atomic E-state index is 12.8. The molecule has 7 heteroatoms. The lowest BCUT2D eigenvalue weighted by atomic mass is 10.1. The summed E-state index contributed by atoms with van der Waals surface area (Å²) in [6.45, 7) is 3.98. The second-order valence-corrected chi connectivity index (χ2v) is 8.52. The molecule has 6 nitrogen and oxygen atoms in total. The number of halogens is 1. The van der Waals surface area contributed by atoms with Gasteiger partial charge in [-0.25, -0.2) is 4.98 Å². The Kier molecular flexibility index (Phi) is 6.18. The Morgan fingerprint density at radius 1 is 1.17 bits per heavy atom. The number of fused-ring (bicyclic) bond motifs is 1. The molecule has 0 spiro atoms. The topological polar surface area (TPSA) is 67.2 Å². The van der Waals surface area contributed by atoms with Gasteiger partial charge in [0.25, 0.3) is 5.91 Å². The predicted octanol–water partition coefficient (Wildman–Crippen LogP) is 3.92. The quantitative estimate of drug-likeness (QED) is 0.557. The Labute approximate surface area is 184 Å². The van der Waals surface area contributed by atoms with Crippen LogP contribution in [0.4, 0.5) is 0 Å². The molecule has 3 aromatic rings. The van der Waals surface area contributed by atoms with Crippen molar-refractivity contribution in [3.05, 3.63) is 64.4 Å². The average molecular weight is 469 g/mol. The molecular weight excluding hydrogens is 444 g/mol. The van der Waals surface area contributed by atoms with Crippen molar-refractivity contribution in [2.24, 2.45) is 0 Å². The number of carbonyl (C=O) groups excluding carboxylic acids is 2. The van der Waals surface area contributed by atoms with E-state index in [0.717, 1.165) is 40.7 Å². The van der Waals surface area contributed by atoms with E-state index in [-0.39, 0.29) is 11.8 Å². The molecular formula is C23H25BrN4O2. The molecule has 156 valence electrons. The van der Waals surface area contributed by atoms with E-state index in [1.54, 1.807) is 17.0 Å². The van der Waals surface area contributed by atoms with Crippen molar-refractivity contribution in [1.29, 1.82) is 0 Å². The SMILES string of the molecule is Cc1nc2ccccc2n1CCCNC(=O)C1CCCN1C(=O)c1ccc(Br)cc1. The van der Waals surface area contributed by atoms with Crippen molar-refractivity contribution >= 4 is 38.8 Å². The molecule has 1 aliphatic heterocycles. The van der Waals surface area contributed by atoms with Crippen LogP contribution in [0.2, 0.25) is 0 Å². The van der Waals surface area contributed by atoms with E-state index in [1.807, 2.05) is 37.3 Å². The zero-order valence-corrected chi connectivity index (χ0v) is 18.6. The molecule has 1 unspecified atom stereocenters. The molecule has 4 rings (SSSR count). The summed E-state index contributed by atoms with van der Waals surface area (Å²) in [6, 6.07) is 15.0. The Balaban J connectivity index is 1.32. The van der Waals surface area contributed by atoms with Crippen LogP contribution in [-0.2, 0) is 11.3 Å². The predicted molar refractivity (Wildman–Crippen MR) is 120 cm³/mol. The van der Waals surface area contributed by atoms with Crippen LogP contribution in [0.25, 0.3) is 11.0 Å². The molecule has 2 aromatic carbocycles. The number of para-hydroxylation sites is 2. The van der Waals surface area contributed by atoms with Crippen molar-refractivity contribution in [2.45, 2.75) is 38.8 Å². The van der Waals surface area contributed by atoms with Gasteiger partial charge in [-0.3, -0.25) is 9.59 Å². The van der Waals surface area contributed by atoms with Crippen molar-refractivity contribution in [1.82, 2.24) is 19.8 Å². The zero-order chi connectivity index (χ0) is 21.1. The maximum Gasteiger partial charge on any atom is 0.254 e. The number of hydrogen-bond donors (Lipinski definition) is 1. The minimum atomic E-state index is -0.392. The first kappa shape index (κ1) is 20.6. The standard InChI is InChI=1S/C23H25BrN4O2/c1-16-26-19-6-2-3-7-20(19)27(16)15-5-13-25-22(29)21-8-4-14-28(21)23(30)17-9-11-18(24)12-10-17/h2-3,6-7,9-12,21H,4-5,8,13-15H2,1H3,(H,25,29). The van der Waals surface area contributed by atoms with Gasteiger partial charge in [-0.15, -0.1) is 0 Å². The summed E-state index contributed by atoms with van der Waals surface area (Å²) < 4.78 is 3.11. The highest BCUT2D eigenvalue weighted by atomic mass is 79.9. The number of likely N-dealkylation sites (tertiary alicyclic amines) is 1. The molecule has 1 fully saturated rings. The number of aromatic nitrogens is 2. The van der Waals surface area contributed by atoms with Gasteiger partial charge < -0.3 is 14.8 Å². The summed E-state index contributed by atoms with van der Waals surface area (Å²) in [4.78, 5) is 31.9. The number of amides is 2. The van der Waals surface area contributed by atoms with E-state index in [9.17, 15) is 9.59 Å². The maximum absolute atomic E-state index is 12.8. The van der Waals surface area contributed by atoms with E-state index in [1.165, 1.54) is 0 Å². The largest absolute Gasteiger partial charge is 0.354 e. The van der Waals surface area contributed by atoms with Crippen LogP contribution in [0.5, 0.6) is 0 Å². The van der Waals surface area contributed by atoms with E-state index in [0.29, 0.717) is 25.1 Å². The number of rotatable bonds is 6. The van der Waals surface area contributed by atoms with Crippen LogP contribution in [-0.4, -0.2) is 45.4 Å². The van der Waals surface area contributed by atoms with Gasteiger partial charge in [0.1, 0.15) is 11.9 Å². The van der Waals surface area contributed by atoms with E-state index in [4.69, 9.17) is 0 Å². The van der Waals surface area contributed by atoms with Gasteiger partial charge in [-0.2, -0.15) is 0 Å². The van der Waals surface area contributed by atoms with Crippen LogP contribution in [0.15, 0.2) is 53.0 Å². The highest BCUT2D eigenvalue weighted by Gasteiger charge is 2.34. The molecule has 2 heterocycles. The summed E-state index contributed by atoms with van der Waals surface area (Å²) in [6.07, 6.45) is 2.36. The second-order valence-electron chi connectivity index (χ2n) is 7.61. The van der Waals surface area contributed by atoms with Crippen LogP contribution >= 0.6 is 15.9 Å². The lowest BCUT2D eigenvalue weighted by Crippen LogP contribution is -2.46. The molecule has 0 radical (unpaired) electrons. The van der Waals surface area contributed by atoms with Crippen LogP contribution in [0.3, 0.4) is 0 Å². The molecule has 1 aromatic heterocycles. The van der Waals surface area contributed by atoms with Gasteiger partial charge in [0, 0.05) is 29.7 Å². The third kappa shape index (κ3) is 4.26. The van der Waals surface area contributed by atoms with Crippen molar-refractivity contribution < 1.29 is 9.59 Å². The molecule has 1 N–H and O–H groups in total. The number of aryl methyl sites for hydroxylation is 2. The normalized spacial score (nSPS) is 16.2. The summed E-state index contributed by atoms with van der Waals surface area (Å²) in [5.74, 6) is 0.829. The fourth-order valence-electron chi connectivity index (χ4n) is 4.09. The lowest BCUT2D eigenvalue weighted by molar-refractivity contribution is -0.124. The van der Waals surface area contributed by atoms with Crippen molar-refractivity contribution in [3.63, 3.8) is 0 Å². The van der Waals surface area contributed by atoms with Gasteiger partial charge in [0.05, 0.1) is 11.0 Å². The average Bonchev–Trinajstić information content (AvgIpc) is 3.35. The molecule has 30 heavy (non-hydrogen) atoms. The zero-order valence-electron chi connectivity index (χ0n) is 17.0. The summed E-state index contributed by atoms with van der Waals surface area (Å²) in [5, 5.41) is 3.03. The molecule has 0 aliphatic carbocycles. The van der Waals surface area contributed by atoms with Crippen LogP contribution < -0.4 is 5.32 Å². The minimum Gasteiger partial charge on any atom is -0.354 e. The monoisotopic (exact) mass is 468 g/mol. The molecule has 1 atom stereocenters. The van der Waals surface area contributed by atoms with Crippen LogP contribution in [0.1, 0.15) is 35.4 Å². The van der Waals surface area contributed by atoms with Gasteiger partial charge in [-0.05, 0) is 62.6 Å². The van der Waals surface area contributed by atoms with Gasteiger partial charge in [0.2, 0.25) is 5.91 Å². The van der Waals surface area contributed by atoms with E-state index in [2.05, 4.69) is 36.9 Å². The Hall–Kier alpha value is -2.67. The first-order valence-electron chi connectivity index (χ1n) is 10.3. The first-order valence-corrected chi connectivity index (χ1v) is 11.1. The number of benzene rings is 2. The van der Waals surface area contributed by atoms with E-state index >= 15 is 0 Å². The molecule has 0 bridgehead atoms. The Bertz CT molecular complexity index is 1060. The summed E-state index contributed by atoms with van der Waals surface area (Å²) in [5.41, 5.74) is 2.72. The molecule has 1 aliphatic rings. The van der Waals surface area contributed by atoms with Crippen molar-refractivity contribution in [3.8, 4) is 0 Å². The first-order chi connectivity index (χ1) is 14.5. The van der Waals surface area contributed by atoms with E-state index < -0.39 is 6.04 Å². The number of nitrogens with one attached hydrogen (secondary N) is 1. The highest BCUT2D eigenvalue weighted by Crippen LogP contribution is 2.21. The molecule has 1 saturated heterocycles. The number of imidazole rings is 1. The molecule has 0 saturated carbocycles. The third-order valence-corrected chi connectivity index (χ3v) is 6.14. The fraction of sp³-hybridized carbons (Fsp3) is 0.348. The second kappa shape index (κ2) is 9.00. The Morgan fingerprint density at radius 2 is 1.93 bits per heavy atom.